The molecule has 0 bridgehead atoms. The molecule has 3 rings (SSSR count). The zero-order chi connectivity index (χ0) is 17.2. The fourth-order valence-electron chi connectivity index (χ4n) is 2.16. The average Bonchev–Trinajstić information content (AvgIpc) is 3.03. The summed E-state index contributed by atoms with van der Waals surface area (Å²) in [6, 6.07) is 12.0. The van der Waals surface area contributed by atoms with E-state index in [2.05, 4.69) is 15.5 Å². The highest BCUT2D eigenvalue weighted by atomic mass is 19.4. The normalized spacial score (nSPS) is 11.3. The number of ether oxygens (including phenoxy) is 1. The van der Waals surface area contributed by atoms with Gasteiger partial charge in [0, 0.05) is 0 Å². The number of para-hydroxylation sites is 2. The van der Waals surface area contributed by atoms with E-state index in [4.69, 9.17) is 9.15 Å². The number of anilines is 2. The summed E-state index contributed by atoms with van der Waals surface area (Å²) in [6.45, 7) is 0. The minimum atomic E-state index is -4.51. The van der Waals surface area contributed by atoms with Gasteiger partial charge >= 0.3 is 12.2 Å². The van der Waals surface area contributed by atoms with Gasteiger partial charge in [0.1, 0.15) is 5.75 Å². The second-order valence-electron chi connectivity index (χ2n) is 4.78. The molecule has 1 N–H and O–H groups in total. The fraction of sp³-hybridized carbons (Fsp3) is 0.125. The molecule has 24 heavy (non-hydrogen) atoms. The van der Waals surface area contributed by atoms with Crippen molar-refractivity contribution in [3.05, 3.63) is 54.1 Å². The fourth-order valence-corrected chi connectivity index (χ4v) is 2.16. The quantitative estimate of drug-likeness (QED) is 0.760. The SMILES string of the molecule is COc1ccccc1Nc1nnc(-c2ccccc2C(F)(F)F)o1. The summed E-state index contributed by atoms with van der Waals surface area (Å²) in [6.07, 6.45) is -4.51. The Morgan fingerprint density at radius 2 is 1.71 bits per heavy atom. The Bertz CT molecular complexity index is 846. The maximum Gasteiger partial charge on any atom is 0.417 e. The Kier molecular flexibility index (Phi) is 4.11. The maximum atomic E-state index is 13.1. The molecular weight excluding hydrogens is 323 g/mol. The number of benzene rings is 2. The molecular formula is C16H12F3N3O2. The molecule has 0 atom stereocenters. The molecule has 2 aromatic carbocycles. The van der Waals surface area contributed by atoms with E-state index < -0.39 is 11.7 Å². The van der Waals surface area contributed by atoms with Gasteiger partial charge in [0.25, 0.3) is 0 Å². The molecule has 0 spiro atoms. The second-order valence-corrected chi connectivity index (χ2v) is 4.78. The van der Waals surface area contributed by atoms with Crippen LogP contribution in [0.2, 0.25) is 0 Å². The lowest BCUT2D eigenvalue weighted by Crippen LogP contribution is -2.06. The van der Waals surface area contributed by atoms with Gasteiger partial charge in [-0.25, -0.2) is 0 Å². The Morgan fingerprint density at radius 3 is 2.46 bits per heavy atom. The Balaban J connectivity index is 1.92. The van der Waals surface area contributed by atoms with Crippen LogP contribution in [0.5, 0.6) is 5.75 Å². The zero-order valence-corrected chi connectivity index (χ0v) is 12.5. The molecule has 0 amide bonds. The smallest absolute Gasteiger partial charge is 0.417 e. The third-order valence-corrected chi connectivity index (χ3v) is 3.24. The number of rotatable bonds is 4. The summed E-state index contributed by atoms with van der Waals surface area (Å²) in [4.78, 5) is 0. The van der Waals surface area contributed by atoms with Crippen LogP contribution in [0.4, 0.5) is 24.9 Å². The van der Waals surface area contributed by atoms with E-state index in [1.165, 1.54) is 25.3 Å². The third kappa shape index (κ3) is 3.17. The van der Waals surface area contributed by atoms with Crippen molar-refractivity contribution in [2.24, 2.45) is 0 Å². The molecule has 0 aliphatic heterocycles. The number of nitrogens with one attached hydrogen (secondary N) is 1. The van der Waals surface area contributed by atoms with Crippen molar-refractivity contribution in [3.63, 3.8) is 0 Å². The summed E-state index contributed by atoms with van der Waals surface area (Å²) in [5.41, 5.74) is -0.456. The van der Waals surface area contributed by atoms with Crippen molar-refractivity contribution < 1.29 is 22.3 Å². The van der Waals surface area contributed by atoms with E-state index in [1.54, 1.807) is 24.3 Å². The van der Waals surface area contributed by atoms with Gasteiger partial charge in [0.05, 0.1) is 23.9 Å². The molecule has 0 radical (unpaired) electrons. The summed E-state index contributed by atoms with van der Waals surface area (Å²) >= 11 is 0. The molecule has 8 heteroatoms. The van der Waals surface area contributed by atoms with Crippen LogP contribution in [0, 0.1) is 0 Å². The molecule has 0 aliphatic carbocycles. The van der Waals surface area contributed by atoms with Crippen LogP contribution < -0.4 is 10.1 Å². The second kappa shape index (κ2) is 6.23. The number of hydrogen-bond donors (Lipinski definition) is 1. The monoisotopic (exact) mass is 335 g/mol. The first-order valence-electron chi connectivity index (χ1n) is 6.89. The summed E-state index contributed by atoms with van der Waals surface area (Å²) < 4.78 is 49.7. The minimum absolute atomic E-state index is 0.0357. The van der Waals surface area contributed by atoms with Gasteiger partial charge in [0.2, 0.25) is 5.89 Å². The number of alkyl halides is 3. The topological polar surface area (TPSA) is 60.2 Å². The molecule has 0 saturated carbocycles. The summed E-state index contributed by atoms with van der Waals surface area (Å²) in [5, 5.41) is 10.3. The van der Waals surface area contributed by atoms with Crippen LogP contribution >= 0.6 is 0 Å². The van der Waals surface area contributed by atoms with Crippen molar-refractivity contribution in [1.29, 1.82) is 0 Å². The predicted octanol–water partition coefficient (Wildman–Crippen LogP) is 4.51. The number of hydrogen-bond acceptors (Lipinski definition) is 5. The first kappa shape index (κ1) is 15.9. The van der Waals surface area contributed by atoms with E-state index in [0.29, 0.717) is 11.4 Å². The van der Waals surface area contributed by atoms with Gasteiger partial charge in [-0.1, -0.05) is 29.4 Å². The molecule has 0 fully saturated rings. The molecule has 5 nitrogen and oxygen atoms in total. The highest BCUT2D eigenvalue weighted by molar-refractivity contribution is 5.64. The average molecular weight is 335 g/mol. The summed E-state index contributed by atoms with van der Waals surface area (Å²) in [5.74, 6) is 0.313. The van der Waals surface area contributed by atoms with Crippen LogP contribution in [0.25, 0.3) is 11.5 Å². The van der Waals surface area contributed by atoms with Crippen molar-refractivity contribution >= 4 is 11.7 Å². The van der Waals surface area contributed by atoms with Crippen molar-refractivity contribution in [3.8, 4) is 17.2 Å². The predicted molar refractivity (Wildman–Crippen MR) is 81.0 cm³/mol. The Morgan fingerprint density at radius 1 is 1.00 bits per heavy atom. The lowest BCUT2D eigenvalue weighted by atomic mass is 10.1. The van der Waals surface area contributed by atoms with Crippen LogP contribution in [0.1, 0.15) is 5.56 Å². The third-order valence-electron chi connectivity index (χ3n) is 3.24. The number of methoxy groups -OCH3 is 1. The molecule has 3 aromatic rings. The van der Waals surface area contributed by atoms with Crippen LogP contribution in [-0.2, 0) is 6.18 Å². The largest absolute Gasteiger partial charge is 0.495 e. The molecule has 124 valence electrons. The van der Waals surface area contributed by atoms with Crippen molar-refractivity contribution in [2.45, 2.75) is 6.18 Å². The summed E-state index contributed by atoms with van der Waals surface area (Å²) in [7, 11) is 1.50. The van der Waals surface area contributed by atoms with Gasteiger partial charge in [-0.3, -0.25) is 0 Å². The molecule has 1 heterocycles. The van der Waals surface area contributed by atoms with Gasteiger partial charge in [-0.05, 0) is 24.3 Å². The van der Waals surface area contributed by atoms with Crippen molar-refractivity contribution in [1.82, 2.24) is 10.2 Å². The first-order chi connectivity index (χ1) is 11.5. The lowest BCUT2D eigenvalue weighted by Gasteiger charge is -2.09. The number of halogens is 3. The van der Waals surface area contributed by atoms with E-state index in [1.807, 2.05) is 0 Å². The molecule has 1 aromatic heterocycles. The highest BCUT2D eigenvalue weighted by Gasteiger charge is 2.34. The standard InChI is InChI=1S/C16H12F3N3O2/c1-23-13-9-5-4-8-12(13)20-15-22-21-14(24-15)10-6-2-3-7-11(10)16(17,18)19/h2-9H,1H3,(H,20,22). The lowest BCUT2D eigenvalue weighted by molar-refractivity contribution is -0.137. The highest BCUT2D eigenvalue weighted by Crippen LogP contribution is 2.37. The number of aromatic nitrogens is 2. The van der Waals surface area contributed by atoms with E-state index >= 15 is 0 Å². The Hall–Kier alpha value is -3.03. The molecule has 0 aliphatic rings. The van der Waals surface area contributed by atoms with E-state index in [0.717, 1.165) is 6.07 Å². The maximum absolute atomic E-state index is 13.1. The van der Waals surface area contributed by atoms with Gasteiger partial charge in [0.15, 0.2) is 0 Å². The molecule has 0 unspecified atom stereocenters. The van der Waals surface area contributed by atoms with Crippen molar-refractivity contribution in [2.75, 3.05) is 12.4 Å². The molecule has 0 saturated heterocycles. The Labute approximate surface area is 135 Å². The minimum Gasteiger partial charge on any atom is -0.495 e. The van der Waals surface area contributed by atoms with E-state index in [9.17, 15) is 13.2 Å². The van der Waals surface area contributed by atoms with E-state index in [-0.39, 0.29) is 17.5 Å². The first-order valence-corrected chi connectivity index (χ1v) is 6.89. The zero-order valence-electron chi connectivity index (χ0n) is 12.5. The van der Waals surface area contributed by atoms with Gasteiger partial charge in [-0.15, -0.1) is 5.10 Å². The van der Waals surface area contributed by atoms with Crippen LogP contribution in [0.3, 0.4) is 0 Å². The number of nitrogens with zero attached hydrogens (tertiary/aromatic N) is 2. The van der Waals surface area contributed by atoms with Gasteiger partial charge < -0.3 is 14.5 Å². The van der Waals surface area contributed by atoms with Gasteiger partial charge in [-0.2, -0.15) is 13.2 Å². The van der Waals surface area contributed by atoms with Crippen LogP contribution in [-0.4, -0.2) is 17.3 Å². The van der Waals surface area contributed by atoms with Crippen LogP contribution in [0.15, 0.2) is 52.9 Å².